The summed E-state index contributed by atoms with van der Waals surface area (Å²) in [6, 6.07) is 2.18. The van der Waals surface area contributed by atoms with E-state index < -0.39 is 0 Å². The maximum absolute atomic E-state index is 12.3. The van der Waals surface area contributed by atoms with Crippen molar-refractivity contribution in [3.63, 3.8) is 0 Å². The van der Waals surface area contributed by atoms with Gasteiger partial charge < -0.3 is 5.32 Å². The molecular weight excluding hydrogens is 308 g/mol. The number of anilines is 1. The largest absolute Gasteiger partial charge is 0.329 e. The van der Waals surface area contributed by atoms with E-state index in [1.807, 2.05) is 0 Å². The molecule has 0 fully saturated rings. The summed E-state index contributed by atoms with van der Waals surface area (Å²) in [5.41, 5.74) is 6.59. The molecule has 2 aromatic rings. The zero-order valence-corrected chi connectivity index (χ0v) is 13.6. The van der Waals surface area contributed by atoms with E-state index in [2.05, 4.69) is 26.1 Å². The second-order valence-electron chi connectivity index (χ2n) is 5.97. The molecular formula is C17H18N4OS. The van der Waals surface area contributed by atoms with Gasteiger partial charge in [-0.3, -0.25) is 4.72 Å². The molecule has 0 radical (unpaired) electrons. The molecule has 4 rings (SSSR count). The average Bonchev–Trinajstić information content (AvgIpc) is 3.22. The van der Waals surface area contributed by atoms with Crippen molar-refractivity contribution in [1.29, 1.82) is 0 Å². The predicted molar refractivity (Wildman–Crippen MR) is 90.5 cm³/mol. The molecule has 1 heterocycles. The highest BCUT2D eigenvalue weighted by atomic mass is 32.2. The highest BCUT2D eigenvalue weighted by molar-refractivity contribution is 7.98. The number of carbonyl (C=O) groups excluding carboxylic acids is 1. The molecule has 6 heteroatoms. The van der Waals surface area contributed by atoms with Gasteiger partial charge in [0.05, 0.1) is 4.90 Å². The van der Waals surface area contributed by atoms with E-state index in [0.717, 1.165) is 36.3 Å². The molecule has 0 spiro atoms. The van der Waals surface area contributed by atoms with Gasteiger partial charge in [0.15, 0.2) is 0 Å². The van der Waals surface area contributed by atoms with Crippen LogP contribution in [0.5, 0.6) is 0 Å². The third-order valence-corrected chi connectivity index (χ3v) is 5.24. The molecule has 1 aromatic carbocycles. The van der Waals surface area contributed by atoms with Crippen molar-refractivity contribution in [3.8, 4) is 0 Å². The fraction of sp³-hybridized carbons (Fsp3) is 0.353. The Kier molecular flexibility index (Phi) is 3.91. The number of aromatic nitrogens is 2. The van der Waals surface area contributed by atoms with E-state index in [-0.39, 0.29) is 6.03 Å². The molecule has 2 aliphatic carbocycles. The van der Waals surface area contributed by atoms with Crippen molar-refractivity contribution in [2.75, 3.05) is 5.32 Å². The smallest absolute Gasteiger partial charge is 0.307 e. The Morgan fingerprint density at radius 1 is 1.00 bits per heavy atom. The Balaban J connectivity index is 1.51. The number of rotatable bonds is 3. The maximum atomic E-state index is 12.3. The van der Waals surface area contributed by atoms with E-state index in [9.17, 15) is 4.79 Å². The molecule has 2 N–H and O–H groups in total. The topological polar surface area (TPSA) is 66.9 Å². The molecule has 0 saturated carbocycles. The van der Waals surface area contributed by atoms with Crippen molar-refractivity contribution >= 4 is 23.7 Å². The number of fused-ring (bicyclic) bond motifs is 2. The van der Waals surface area contributed by atoms with Gasteiger partial charge in [-0.2, -0.15) is 0 Å². The summed E-state index contributed by atoms with van der Waals surface area (Å²) in [6.45, 7) is 0. The third-order valence-electron chi connectivity index (χ3n) is 4.51. The zero-order valence-electron chi connectivity index (χ0n) is 12.8. The first-order valence-corrected chi connectivity index (χ1v) is 8.78. The lowest BCUT2D eigenvalue weighted by atomic mass is 9.99. The SMILES string of the molecule is O=C(NSc1cncnc1)Nc1c2c(cc3c1CCC3)CCC2. The standard InChI is InChI=1S/C17H18N4OS/c22-17(21-23-13-8-18-10-19-9-13)20-16-14-5-1-3-11(14)7-12-4-2-6-15(12)16/h7-10H,1-6H2,(H2,20,21,22). The van der Waals surface area contributed by atoms with Crippen LogP contribution in [0.1, 0.15) is 35.1 Å². The molecule has 0 aliphatic heterocycles. The van der Waals surface area contributed by atoms with Gasteiger partial charge in [0.2, 0.25) is 0 Å². The zero-order chi connectivity index (χ0) is 15.6. The monoisotopic (exact) mass is 326 g/mol. The first-order valence-electron chi connectivity index (χ1n) is 7.96. The minimum absolute atomic E-state index is 0.187. The Bertz CT molecular complexity index is 716. The summed E-state index contributed by atoms with van der Waals surface area (Å²) < 4.78 is 2.82. The number of carbonyl (C=O) groups is 1. The molecule has 5 nitrogen and oxygen atoms in total. The normalized spacial score (nSPS) is 15.1. The number of hydrogen-bond acceptors (Lipinski definition) is 4. The quantitative estimate of drug-likeness (QED) is 0.850. The van der Waals surface area contributed by atoms with Crippen LogP contribution < -0.4 is 10.0 Å². The van der Waals surface area contributed by atoms with Crippen LogP contribution in [0, 0.1) is 0 Å². The van der Waals surface area contributed by atoms with Crippen LogP contribution in [0.4, 0.5) is 10.5 Å². The van der Waals surface area contributed by atoms with Crippen LogP contribution in [0.3, 0.4) is 0 Å². The fourth-order valence-electron chi connectivity index (χ4n) is 3.55. The lowest BCUT2D eigenvalue weighted by Gasteiger charge is -2.16. The summed E-state index contributed by atoms with van der Waals surface area (Å²) in [5.74, 6) is 0. The van der Waals surface area contributed by atoms with Gasteiger partial charge >= 0.3 is 6.03 Å². The van der Waals surface area contributed by atoms with E-state index in [1.54, 1.807) is 12.4 Å². The molecule has 23 heavy (non-hydrogen) atoms. The highest BCUT2D eigenvalue weighted by Crippen LogP contribution is 2.38. The van der Waals surface area contributed by atoms with E-state index in [1.165, 1.54) is 53.4 Å². The second kappa shape index (κ2) is 6.20. The second-order valence-corrected chi connectivity index (χ2v) is 6.85. The molecule has 118 valence electrons. The first kappa shape index (κ1) is 14.5. The summed E-state index contributed by atoms with van der Waals surface area (Å²) in [6.07, 6.45) is 11.6. The number of urea groups is 1. The van der Waals surface area contributed by atoms with Crippen LogP contribution >= 0.6 is 11.9 Å². The molecule has 0 atom stereocenters. The summed E-state index contributed by atoms with van der Waals surface area (Å²) in [7, 11) is 0. The molecule has 0 bridgehead atoms. The first-order chi connectivity index (χ1) is 11.3. The minimum Gasteiger partial charge on any atom is -0.307 e. The van der Waals surface area contributed by atoms with Crippen molar-refractivity contribution in [2.45, 2.75) is 43.4 Å². The van der Waals surface area contributed by atoms with Gasteiger partial charge in [-0.1, -0.05) is 6.07 Å². The molecule has 0 unspecified atom stereocenters. The van der Waals surface area contributed by atoms with Crippen LogP contribution in [0.15, 0.2) is 29.7 Å². The van der Waals surface area contributed by atoms with Gasteiger partial charge in [-0.15, -0.1) is 0 Å². The number of nitrogens with one attached hydrogen (secondary N) is 2. The molecule has 0 saturated heterocycles. The van der Waals surface area contributed by atoms with Crippen LogP contribution in [0.25, 0.3) is 0 Å². The van der Waals surface area contributed by atoms with Crippen LogP contribution in [-0.4, -0.2) is 16.0 Å². The molecule has 1 aromatic heterocycles. The summed E-state index contributed by atoms with van der Waals surface area (Å²) in [4.78, 5) is 21.0. The van der Waals surface area contributed by atoms with Crippen molar-refractivity contribution in [2.24, 2.45) is 0 Å². The lowest BCUT2D eigenvalue weighted by Crippen LogP contribution is -2.24. The lowest BCUT2D eigenvalue weighted by molar-refractivity contribution is 0.257. The van der Waals surface area contributed by atoms with Gasteiger partial charge in [-0.25, -0.2) is 14.8 Å². The van der Waals surface area contributed by atoms with Gasteiger partial charge in [0.1, 0.15) is 6.33 Å². The van der Waals surface area contributed by atoms with Crippen molar-refractivity contribution in [1.82, 2.24) is 14.7 Å². The highest BCUT2D eigenvalue weighted by Gasteiger charge is 2.24. The number of amides is 2. The number of hydrogen-bond donors (Lipinski definition) is 2. The van der Waals surface area contributed by atoms with Crippen LogP contribution in [0.2, 0.25) is 0 Å². The average molecular weight is 326 g/mol. The molecule has 2 amide bonds. The third kappa shape index (κ3) is 2.91. The minimum atomic E-state index is -0.187. The number of nitrogens with zero attached hydrogens (tertiary/aromatic N) is 2. The van der Waals surface area contributed by atoms with Crippen LogP contribution in [-0.2, 0) is 25.7 Å². The Morgan fingerprint density at radius 2 is 1.65 bits per heavy atom. The Labute approximate surface area is 139 Å². The number of aryl methyl sites for hydroxylation is 2. The molecule has 2 aliphatic rings. The predicted octanol–water partition coefficient (Wildman–Crippen LogP) is 3.28. The van der Waals surface area contributed by atoms with E-state index in [4.69, 9.17) is 0 Å². The van der Waals surface area contributed by atoms with Gasteiger partial charge in [0, 0.05) is 18.1 Å². The maximum Gasteiger partial charge on any atom is 0.329 e. The Morgan fingerprint density at radius 3 is 2.30 bits per heavy atom. The van der Waals surface area contributed by atoms with Crippen molar-refractivity contribution in [3.05, 3.63) is 47.0 Å². The summed E-state index contributed by atoms with van der Waals surface area (Å²) >= 11 is 1.23. The fourth-order valence-corrected chi connectivity index (χ4v) is 4.04. The van der Waals surface area contributed by atoms with E-state index >= 15 is 0 Å². The van der Waals surface area contributed by atoms with Crippen molar-refractivity contribution < 1.29 is 4.79 Å². The van der Waals surface area contributed by atoms with E-state index in [0.29, 0.717) is 0 Å². The number of benzene rings is 1. The van der Waals surface area contributed by atoms with Gasteiger partial charge in [-0.05, 0) is 72.7 Å². The Hall–Kier alpha value is -2.08. The summed E-state index contributed by atoms with van der Waals surface area (Å²) in [5, 5.41) is 3.10. The van der Waals surface area contributed by atoms with Gasteiger partial charge in [0.25, 0.3) is 0 Å².